The Kier molecular flexibility index (Phi) is 10.4. The van der Waals surface area contributed by atoms with Crippen LogP contribution in [0.4, 0.5) is 20.2 Å². The Balaban J connectivity index is 1.09. The zero-order valence-electron chi connectivity index (χ0n) is 31.1. The molecule has 51 heavy (non-hydrogen) atoms. The summed E-state index contributed by atoms with van der Waals surface area (Å²) in [6.45, 7) is 19.2. The van der Waals surface area contributed by atoms with Crippen molar-refractivity contribution in [2.24, 2.45) is 11.8 Å². The lowest BCUT2D eigenvalue weighted by Gasteiger charge is -2.42. The summed E-state index contributed by atoms with van der Waals surface area (Å²) in [6, 6.07) is 8.66. The highest BCUT2D eigenvalue weighted by atomic mass is 16.6. The van der Waals surface area contributed by atoms with Gasteiger partial charge in [0.1, 0.15) is 11.4 Å². The van der Waals surface area contributed by atoms with E-state index in [4.69, 9.17) is 9.47 Å². The standard InChI is InChI=1S/C36H52N8O7/c1-22-18-42(29(45)36(8,9)51-33(49)40-34(2,3)4)16-17-43(22)30(46)37-27-14-15-44(31(47)38-27)24-12-10-23(11-13-24)19-41-20-25-26(21-41)28(25)39-32(48)50-35(5,6)7/h10-15,22,25-26,28H,16-21H2,1-9H3,(H,39,48)(H,40,49)(H,37,38,46,47)/t22-,25+,26+/m0/s1. The monoisotopic (exact) mass is 708 g/mol. The van der Waals surface area contributed by atoms with Gasteiger partial charge in [-0.15, -0.1) is 0 Å². The maximum absolute atomic E-state index is 13.2. The van der Waals surface area contributed by atoms with E-state index in [1.807, 2.05) is 72.7 Å². The van der Waals surface area contributed by atoms with Crippen molar-refractivity contribution in [3.63, 3.8) is 0 Å². The minimum atomic E-state index is -1.39. The van der Waals surface area contributed by atoms with Crippen LogP contribution in [0.15, 0.2) is 41.3 Å². The molecule has 3 fully saturated rings. The molecule has 3 heterocycles. The highest BCUT2D eigenvalue weighted by Crippen LogP contribution is 2.46. The fourth-order valence-corrected chi connectivity index (χ4v) is 6.70. The number of ether oxygens (including phenoxy) is 2. The second-order valence-corrected chi connectivity index (χ2v) is 16.3. The minimum absolute atomic E-state index is 0.120. The van der Waals surface area contributed by atoms with Crippen LogP contribution in [-0.4, -0.2) is 110 Å². The van der Waals surface area contributed by atoms with E-state index in [9.17, 15) is 24.0 Å². The number of hydrogen-bond donors (Lipinski definition) is 3. The van der Waals surface area contributed by atoms with Gasteiger partial charge < -0.3 is 29.9 Å². The summed E-state index contributed by atoms with van der Waals surface area (Å²) in [4.78, 5) is 73.4. The number of benzene rings is 1. The average molecular weight is 709 g/mol. The van der Waals surface area contributed by atoms with Gasteiger partial charge in [-0.3, -0.25) is 19.6 Å². The first kappa shape index (κ1) is 37.6. The number of nitrogens with zero attached hydrogens (tertiary/aromatic N) is 5. The summed E-state index contributed by atoms with van der Waals surface area (Å²) in [7, 11) is 0. The second-order valence-electron chi connectivity index (χ2n) is 16.3. The predicted molar refractivity (Wildman–Crippen MR) is 190 cm³/mol. The van der Waals surface area contributed by atoms with E-state index in [-0.39, 0.29) is 49.5 Å². The molecule has 2 aliphatic heterocycles. The molecular formula is C36H52N8O7. The number of fused-ring (bicyclic) bond motifs is 1. The summed E-state index contributed by atoms with van der Waals surface area (Å²) >= 11 is 0. The number of likely N-dealkylation sites (tertiary alicyclic amines) is 1. The van der Waals surface area contributed by atoms with E-state index in [2.05, 4.69) is 25.8 Å². The molecule has 5 rings (SSSR count). The number of urea groups is 1. The first-order valence-electron chi connectivity index (χ1n) is 17.5. The first-order valence-corrected chi connectivity index (χ1v) is 17.5. The Bertz CT molecular complexity index is 1680. The van der Waals surface area contributed by atoms with Gasteiger partial charge in [0.15, 0.2) is 5.60 Å². The van der Waals surface area contributed by atoms with Gasteiger partial charge in [-0.1, -0.05) is 12.1 Å². The Morgan fingerprint density at radius 1 is 0.863 bits per heavy atom. The molecule has 1 aromatic heterocycles. The molecule has 0 unspecified atom stereocenters. The Hall–Kier alpha value is -4.66. The van der Waals surface area contributed by atoms with Crippen LogP contribution in [0.2, 0.25) is 0 Å². The number of rotatable bonds is 7. The highest BCUT2D eigenvalue weighted by molar-refractivity contribution is 5.90. The van der Waals surface area contributed by atoms with Gasteiger partial charge in [-0.25, -0.2) is 19.2 Å². The number of amides is 5. The van der Waals surface area contributed by atoms with Gasteiger partial charge in [0.25, 0.3) is 5.91 Å². The molecular weight excluding hydrogens is 656 g/mol. The number of piperazine rings is 1. The third-order valence-electron chi connectivity index (χ3n) is 9.13. The van der Waals surface area contributed by atoms with Crippen LogP contribution >= 0.6 is 0 Å². The third kappa shape index (κ3) is 9.57. The number of hydrogen-bond acceptors (Lipinski definition) is 9. The molecule has 0 spiro atoms. The van der Waals surface area contributed by atoms with Crippen LogP contribution in [0.25, 0.3) is 5.69 Å². The predicted octanol–water partition coefficient (Wildman–Crippen LogP) is 3.56. The molecule has 0 bridgehead atoms. The minimum Gasteiger partial charge on any atom is -0.444 e. The number of nitrogens with one attached hydrogen (secondary N) is 3. The van der Waals surface area contributed by atoms with Crippen molar-refractivity contribution < 1.29 is 28.7 Å². The number of alkyl carbamates (subject to hydrolysis) is 2. The lowest BCUT2D eigenvalue weighted by molar-refractivity contribution is -0.150. The maximum atomic E-state index is 13.2. The van der Waals surface area contributed by atoms with E-state index >= 15 is 0 Å². The fraction of sp³-hybridized carbons (Fsp3) is 0.611. The van der Waals surface area contributed by atoms with Crippen LogP contribution in [0.5, 0.6) is 0 Å². The molecule has 278 valence electrons. The van der Waals surface area contributed by atoms with Gasteiger partial charge in [-0.2, -0.15) is 4.98 Å². The van der Waals surface area contributed by atoms with Crippen molar-refractivity contribution >= 4 is 29.9 Å². The Morgan fingerprint density at radius 3 is 2.08 bits per heavy atom. The zero-order chi connectivity index (χ0) is 37.5. The Labute approximate surface area is 299 Å². The summed E-state index contributed by atoms with van der Waals surface area (Å²) < 4.78 is 12.2. The lowest BCUT2D eigenvalue weighted by atomic mass is 10.1. The summed E-state index contributed by atoms with van der Waals surface area (Å²) in [6.07, 6.45) is 0.529. The number of aromatic nitrogens is 2. The van der Waals surface area contributed by atoms with E-state index < -0.39 is 34.6 Å². The number of carbonyl (C=O) groups excluding carboxylic acids is 4. The van der Waals surface area contributed by atoms with E-state index in [0.717, 1.165) is 25.2 Å². The lowest BCUT2D eigenvalue weighted by Crippen LogP contribution is -2.60. The largest absolute Gasteiger partial charge is 0.444 e. The van der Waals surface area contributed by atoms with Crippen molar-refractivity contribution in [3.8, 4) is 5.69 Å². The fourth-order valence-electron chi connectivity index (χ4n) is 6.70. The van der Waals surface area contributed by atoms with Gasteiger partial charge in [0, 0.05) is 63.1 Å². The summed E-state index contributed by atoms with van der Waals surface area (Å²) in [5.41, 5.74) is -1.20. The van der Waals surface area contributed by atoms with Crippen LogP contribution in [-0.2, 0) is 20.8 Å². The maximum Gasteiger partial charge on any atom is 0.408 e. The highest BCUT2D eigenvalue weighted by Gasteiger charge is 2.56. The summed E-state index contributed by atoms with van der Waals surface area (Å²) in [5.74, 6) is 0.635. The molecule has 1 saturated carbocycles. The first-order chi connectivity index (χ1) is 23.7. The third-order valence-corrected chi connectivity index (χ3v) is 9.13. The molecule has 2 aromatic rings. The molecule has 1 aromatic carbocycles. The molecule has 3 N–H and O–H groups in total. The topological polar surface area (TPSA) is 167 Å². The zero-order valence-corrected chi connectivity index (χ0v) is 31.1. The van der Waals surface area contributed by atoms with Gasteiger partial charge in [-0.05, 0) is 97.9 Å². The van der Waals surface area contributed by atoms with Crippen LogP contribution in [0.3, 0.4) is 0 Å². The number of carbonyl (C=O) groups is 4. The molecule has 3 atom stereocenters. The normalized spacial score (nSPS) is 22.1. The molecule has 15 heteroatoms. The van der Waals surface area contributed by atoms with E-state index in [0.29, 0.717) is 17.5 Å². The van der Waals surface area contributed by atoms with Crippen molar-refractivity contribution in [1.29, 1.82) is 0 Å². The average Bonchev–Trinajstić information content (AvgIpc) is 3.41. The molecule has 15 nitrogen and oxygen atoms in total. The van der Waals surface area contributed by atoms with Gasteiger partial charge in [0.2, 0.25) is 0 Å². The molecule has 0 radical (unpaired) electrons. The Morgan fingerprint density at radius 2 is 1.51 bits per heavy atom. The molecule has 2 saturated heterocycles. The van der Waals surface area contributed by atoms with Gasteiger partial charge in [0.05, 0.1) is 5.69 Å². The second kappa shape index (κ2) is 14.2. The van der Waals surface area contributed by atoms with Crippen LogP contribution in [0, 0.1) is 11.8 Å². The van der Waals surface area contributed by atoms with Crippen LogP contribution in [0.1, 0.15) is 67.9 Å². The quantitative estimate of drug-likeness (QED) is 0.390. The van der Waals surface area contributed by atoms with Crippen LogP contribution < -0.4 is 21.6 Å². The molecule has 1 aliphatic carbocycles. The van der Waals surface area contributed by atoms with Crippen molar-refractivity contribution in [1.82, 2.24) is 34.9 Å². The van der Waals surface area contributed by atoms with Crippen molar-refractivity contribution in [3.05, 3.63) is 52.6 Å². The van der Waals surface area contributed by atoms with Gasteiger partial charge >= 0.3 is 23.9 Å². The number of anilines is 1. The van der Waals surface area contributed by atoms with Crippen molar-refractivity contribution in [2.75, 3.05) is 38.0 Å². The summed E-state index contributed by atoms with van der Waals surface area (Å²) in [5, 5.41) is 8.40. The number of piperidine rings is 1. The van der Waals surface area contributed by atoms with E-state index in [1.165, 1.54) is 4.57 Å². The van der Waals surface area contributed by atoms with Crippen molar-refractivity contribution in [2.45, 2.75) is 97.7 Å². The molecule has 5 amide bonds. The smallest absolute Gasteiger partial charge is 0.408 e. The van der Waals surface area contributed by atoms with E-state index in [1.54, 1.807) is 35.9 Å². The molecule has 3 aliphatic rings. The SMILES string of the molecule is C[C@H]1CN(C(=O)C(C)(C)OC(=O)NC(C)(C)C)CCN1C(=O)Nc1ccn(-c2ccc(CN3C[C@H]4C(NC(=O)OC(C)(C)C)[C@@H]4C3)cc2)c(=O)n1.